The summed E-state index contributed by atoms with van der Waals surface area (Å²) in [5.74, 6) is 3.17. The quantitative estimate of drug-likeness (QED) is 0.125. The van der Waals surface area contributed by atoms with Gasteiger partial charge < -0.3 is 19.1 Å². The van der Waals surface area contributed by atoms with Gasteiger partial charge in [-0.15, -0.1) is 0 Å². The lowest BCUT2D eigenvalue weighted by molar-refractivity contribution is 0.112. The van der Waals surface area contributed by atoms with Gasteiger partial charge in [-0.2, -0.15) is 0 Å². The van der Waals surface area contributed by atoms with Crippen LogP contribution in [0.15, 0.2) is 54.6 Å². The number of fused-ring (bicyclic) bond motifs is 2. The molecule has 3 aromatic carbocycles. The van der Waals surface area contributed by atoms with Gasteiger partial charge in [-0.1, -0.05) is 71.8 Å². The number of carbonyl (C=O) groups is 1. The summed E-state index contributed by atoms with van der Waals surface area (Å²) in [5.41, 5.74) is 4.72. The van der Waals surface area contributed by atoms with Crippen LogP contribution in [0.2, 0.25) is 0 Å². The highest BCUT2D eigenvalue weighted by Crippen LogP contribution is 2.49. The summed E-state index contributed by atoms with van der Waals surface area (Å²) in [6.07, 6.45) is 12.5. The Morgan fingerprint density at radius 1 is 0.700 bits per heavy atom. The first kappa shape index (κ1) is 29.5. The Labute approximate surface area is 240 Å². The monoisotopic (exact) mass is 543 g/mol. The van der Waals surface area contributed by atoms with Crippen molar-refractivity contribution < 1.29 is 19.0 Å². The molecule has 40 heavy (non-hydrogen) atoms. The maximum Gasteiger partial charge on any atom is 0.151 e. The Kier molecular flexibility index (Phi) is 11.3. The first-order valence-electron chi connectivity index (χ1n) is 15.3. The Balaban J connectivity index is 1.63. The molecule has 4 rings (SSSR count). The van der Waals surface area contributed by atoms with Gasteiger partial charge in [0, 0.05) is 23.7 Å². The SMILES string of the molecule is CCCCCCCCN1c2ccc(C=O)cc2Oc2cc(-c3ccc(OCCCC)cc3OCCCC)ccc21. The number of aldehydes is 1. The van der Waals surface area contributed by atoms with Crippen LogP contribution in [0, 0.1) is 0 Å². The molecule has 0 N–H and O–H groups in total. The normalized spacial score (nSPS) is 11.9. The topological polar surface area (TPSA) is 48.0 Å². The maximum atomic E-state index is 11.5. The largest absolute Gasteiger partial charge is 0.493 e. The van der Waals surface area contributed by atoms with Crippen molar-refractivity contribution >= 4 is 17.7 Å². The summed E-state index contributed by atoms with van der Waals surface area (Å²) >= 11 is 0. The summed E-state index contributed by atoms with van der Waals surface area (Å²) in [7, 11) is 0. The van der Waals surface area contributed by atoms with E-state index in [1.807, 2.05) is 30.3 Å². The molecule has 0 aliphatic carbocycles. The van der Waals surface area contributed by atoms with Crippen LogP contribution in [0.25, 0.3) is 11.1 Å². The van der Waals surface area contributed by atoms with Gasteiger partial charge in [0.1, 0.15) is 17.8 Å². The number of rotatable bonds is 17. The van der Waals surface area contributed by atoms with Gasteiger partial charge in [0.2, 0.25) is 0 Å². The van der Waals surface area contributed by atoms with Gasteiger partial charge in [0.05, 0.1) is 24.6 Å². The lowest BCUT2D eigenvalue weighted by atomic mass is 10.0. The van der Waals surface area contributed by atoms with Crippen molar-refractivity contribution in [2.45, 2.75) is 85.0 Å². The number of hydrogen-bond acceptors (Lipinski definition) is 5. The zero-order valence-electron chi connectivity index (χ0n) is 24.5. The Morgan fingerprint density at radius 3 is 2.12 bits per heavy atom. The minimum Gasteiger partial charge on any atom is -0.493 e. The van der Waals surface area contributed by atoms with Gasteiger partial charge in [-0.25, -0.2) is 0 Å². The summed E-state index contributed by atoms with van der Waals surface area (Å²) < 4.78 is 18.7. The zero-order chi connectivity index (χ0) is 28.2. The van der Waals surface area contributed by atoms with E-state index in [-0.39, 0.29) is 0 Å². The van der Waals surface area contributed by atoms with Crippen LogP contribution in [0.4, 0.5) is 11.4 Å². The molecule has 0 amide bonds. The van der Waals surface area contributed by atoms with E-state index in [9.17, 15) is 4.79 Å². The van der Waals surface area contributed by atoms with Crippen molar-refractivity contribution in [1.29, 1.82) is 0 Å². The van der Waals surface area contributed by atoms with E-state index < -0.39 is 0 Å². The van der Waals surface area contributed by atoms with Gasteiger partial charge in [0.25, 0.3) is 0 Å². The van der Waals surface area contributed by atoms with Crippen molar-refractivity contribution in [1.82, 2.24) is 0 Å². The average Bonchev–Trinajstić information content (AvgIpc) is 2.98. The first-order valence-corrected chi connectivity index (χ1v) is 15.3. The number of benzene rings is 3. The van der Waals surface area contributed by atoms with Crippen LogP contribution in [-0.2, 0) is 0 Å². The molecule has 0 aromatic heterocycles. The predicted molar refractivity (Wildman–Crippen MR) is 165 cm³/mol. The molecule has 0 saturated carbocycles. The van der Waals surface area contributed by atoms with Gasteiger partial charge in [-0.05, 0) is 67.3 Å². The summed E-state index contributed by atoms with van der Waals surface area (Å²) in [4.78, 5) is 13.9. The molecule has 214 valence electrons. The minimum atomic E-state index is 0.614. The maximum absolute atomic E-state index is 11.5. The fourth-order valence-electron chi connectivity index (χ4n) is 5.05. The molecule has 1 aliphatic rings. The highest BCUT2D eigenvalue weighted by atomic mass is 16.5. The minimum absolute atomic E-state index is 0.614. The second-order valence-electron chi connectivity index (χ2n) is 10.6. The van der Waals surface area contributed by atoms with Gasteiger partial charge >= 0.3 is 0 Å². The van der Waals surface area contributed by atoms with E-state index >= 15 is 0 Å². The highest BCUT2D eigenvalue weighted by Gasteiger charge is 2.25. The van der Waals surface area contributed by atoms with E-state index in [1.54, 1.807) is 0 Å². The standard InChI is InChI=1S/C35H45NO4/c1-4-7-10-11-12-13-20-36-31-18-14-27(26-37)23-34(31)40-35-24-28(15-19-32(35)36)30-17-16-29(38-21-8-5-2)25-33(30)39-22-9-6-3/h14-19,23-26H,4-13,20-22H2,1-3H3. The lowest BCUT2D eigenvalue weighted by Gasteiger charge is -2.33. The summed E-state index contributed by atoms with van der Waals surface area (Å²) in [5, 5.41) is 0. The Bertz CT molecular complexity index is 1240. The van der Waals surface area contributed by atoms with Crippen molar-refractivity contribution in [3.63, 3.8) is 0 Å². The molecular formula is C35H45NO4. The van der Waals surface area contributed by atoms with Gasteiger partial charge in [0.15, 0.2) is 11.5 Å². The molecule has 5 heteroatoms. The Morgan fingerprint density at radius 2 is 1.38 bits per heavy atom. The molecule has 0 spiro atoms. The number of unbranched alkanes of at least 4 members (excludes halogenated alkanes) is 7. The molecule has 1 aliphatic heterocycles. The van der Waals surface area contributed by atoms with E-state index in [2.05, 4.69) is 49.9 Å². The van der Waals surface area contributed by atoms with Crippen molar-refractivity contribution in [3.05, 3.63) is 60.2 Å². The molecule has 0 atom stereocenters. The molecule has 0 unspecified atom stereocenters. The molecule has 5 nitrogen and oxygen atoms in total. The third-order valence-corrected chi connectivity index (χ3v) is 7.40. The summed E-state index contributed by atoms with van der Waals surface area (Å²) in [6.45, 7) is 8.85. The second kappa shape index (κ2) is 15.4. The smallest absolute Gasteiger partial charge is 0.151 e. The Hall–Kier alpha value is -3.47. The van der Waals surface area contributed by atoms with Crippen molar-refractivity contribution in [3.8, 4) is 34.1 Å². The third kappa shape index (κ3) is 7.59. The molecular weight excluding hydrogens is 498 g/mol. The van der Waals surface area contributed by atoms with E-state index in [1.165, 1.54) is 32.1 Å². The average molecular weight is 544 g/mol. The fourth-order valence-corrected chi connectivity index (χ4v) is 5.05. The van der Waals surface area contributed by atoms with Crippen LogP contribution in [0.3, 0.4) is 0 Å². The number of carbonyl (C=O) groups excluding carboxylic acids is 1. The van der Waals surface area contributed by atoms with Crippen LogP contribution in [0.1, 0.15) is 95.3 Å². The fraction of sp³-hybridized carbons (Fsp3) is 0.457. The first-order chi connectivity index (χ1) is 19.7. The number of nitrogens with zero attached hydrogens (tertiary/aromatic N) is 1. The van der Waals surface area contributed by atoms with Gasteiger partial charge in [-0.3, -0.25) is 4.79 Å². The molecule has 1 heterocycles. The molecule has 3 aromatic rings. The number of hydrogen-bond donors (Lipinski definition) is 0. The zero-order valence-corrected chi connectivity index (χ0v) is 24.5. The van der Waals surface area contributed by atoms with E-state index in [4.69, 9.17) is 14.2 Å². The molecule has 0 bridgehead atoms. The number of ether oxygens (including phenoxy) is 3. The summed E-state index contributed by atoms with van der Waals surface area (Å²) in [6, 6.07) is 18.2. The molecule has 0 fully saturated rings. The molecule has 0 saturated heterocycles. The number of anilines is 2. The van der Waals surface area contributed by atoms with E-state index in [0.29, 0.717) is 18.8 Å². The van der Waals surface area contributed by atoms with Crippen LogP contribution < -0.4 is 19.1 Å². The second-order valence-corrected chi connectivity index (χ2v) is 10.6. The van der Waals surface area contributed by atoms with E-state index in [0.717, 1.165) is 90.4 Å². The van der Waals surface area contributed by atoms with Crippen LogP contribution in [0.5, 0.6) is 23.0 Å². The van der Waals surface area contributed by atoms with Crippen molar-refractivity contribution in [2.75, 3.05) is 24.7 Å². The highest BCUT2D eigenvalue weighted by molar-refractivity contribution is 5.85. The predicted octanol–water partition coefficient (Wildman–Crippen LogP) is 10.1. The van der Waals surface area contributed by atoms with Crippen LogP contribution in [-0.4, -0.2) is 26.0 Å². The molecule has 0 radical (unpaired) electrons. The van der Waals surface area contributed by atoms with Crippen LogP contribution >= 0.6 is 0 Å². The lowest BCUT2D eigenvalue weighted by Crippen LogP contribution is -2.22. The third-order valence-electron chi connectivity index (χ3n) is 7.40. The van der Waals surface area contributed by atoms with Crippen molar-refractivity contribution in [2.24, 2.45) is 0 Å².